The molecule has 2 aliphatic rings. The van der Waals surface area contributed by atoms with Gasteiger partial charge in [0.1, 0.15) is 12.6 Å². The number of para-hydroxylation sites is 1. The van der Waals surface area contributed by atoms with Crippen LogP contribution in [0.5, 0.6) is 11.5 Å². The molecule has 1 atom stereocenters. The lowest BCUT2D eigenvalue weighted by Crippen LogP contribution is -2.58. The van der Waals surface area contributed by atoms with E-state index in [1.165, 1.54) is 0 Å². The van der Waals surface area contributed by atoms with Crippen molar-refractivity contribution in [2.24, 2.45) is 5.92 Å². The number of ether oxygens (including phenoxy) is 2. The average molecular weight is 471 g/mol. The van der Waals surface area contributed by atoms with Gasteiger partial charge in [-0.1, -0.05) is 48.9 Å². The zero-order valence-corrected chi connectivity index (χ0v) is 20.2. The van der Waals surface area contributed by atoms with Gasteiger partial charge in [-0.15, -0.1) is 0 Å². The van der Waals surface area contributed by atoms with E-state index in [0.717, 1.165) is 31.2 Å². The number of methoxy groups -OCH3 is 2. The van der Waals surface area contributed by atoms with Crippen molar-refractivity contribution >= 4 is 23.4 Å². The Morgan fingerprint density at radius 1 is 0.970 bits per heavy atom. The van der Waals surface area contributed by atoms with Gasteiger partial charge in [-0.25, -0.2) is 0 Å². The van der Waals surface area contributed by atoms with Crippen molar-refractivity contribution in [3.8, 4) is 11.5 Å². The van der Waals surface area contributed by atoms with Gasteiger partial charge in [0.15, 0.2) is 11.5 Å². The van der Waals surface area contributed by atoms with E-state index in [1.54, 1.807) is 36.2 Å². The minimum atomic E-state index is -0.813. The normalized spacial score (nSPS) is 23.6. The fourth-order valence-electron chi connectivity index (χ4n) is 5.03. The summed E-state index contributed by atoms with van der Waals surface area (Å²) in [5, 5.41) is 0.567. The Morgan fingerprint density at radius 2 is 1.70 bits per heavy atom. The molecule has 6 nitrogen and oxygen atoms in total. The van der Waals surface area contributed by atoms with Crippen LogP contribution in [0.2, 0.25) is 5.02 Å². The highest BCUT2D eigenvalue weighted by atomic mass is 35.5. The van der Waals surface area contributed by atoms with Gasteiger partial charge in [0, 0.05) is 23.2 Å². The molecule has 0 radical (unpaired) electrons. The van der Waals surface area contributed by atoms with Crippen LogP contribution in [-0.2, 0) is 16.1 Å². The van der Waals surface area contributed by atoms with Gasteiger partial charge in [-0.3, -0.25) is 9.59 Å². The Labute approximate surface area is 200 Å². The number of hydrogen-bond acceptors (Lipinski definition) is 4. The number of carbonyl (C=O) groups is 2. The first kappa shape index (κ1) is 23.4. The van der Waals surface area contributed by atoms with E-state index in [9.17, 15) is 9.59 Å². The molecule has 0 unspecified atom stereocenters. The lowest BCUT2D eigenvalue weighted by Gasteiger charge is -2.45. The molecule has 0 N–H and O–H groups in total. The Hall–Kier alpha value is -2.73. The SMILES string of the molecule is COc1cccc([C@H]2C(=O)N(C3CCC(C)CC3)CC(=O)N2Cc2ccccc2Cl)c1OC. The van der Waals surface area contributed by atoms with Crippen molar-refractivity contribution in [1.29, 1.82) is 0 Å². The number of amides is 2. The third kappa shape index (κ3) is 4.67. The quantitative estimate of drug-likeness (QED) is 0.605. The second kappa shape index (κ2) is 10.0. The van der Waals surface area contributed by atoms with Crippen LogP contribution < -0.4 is 9.47 Å². The fourth-order valence-corrected chi connectivity index (χ4v) is 5.23. The van der Waals surface area contributed by atoms with E-state index >= 15 is 0 Å². The fraction of sp³-hybridized carbons (Fsp3) is 0.462. The maximum atomic E-state index is 14.0. The molecule has 7 heteroatoms. The van der Waals surface area contributed by atoms with Gasteiger partial charge in [-0.05, 0) is 49.3 Å². The van der Waals surface area contributed by atoms with Crippen LogP contribution in [0.3, 0.4) is 0 Å². The number of carbonyl (C=O) groups excluding carboxylic acids is 2. The molecule has 33 heavy (non-hydrogen) atoms. The summed E-state index contributed by atoms with van der Waals surface area (Å²) < 4.78 is 11.1. The van der Waals surface area contributed by atoms with Gasteiger partial charge < -0.3 is 19.3 Å². The Bertz CT molecular complexity index is 1020. The van der Waals surface area contributed by atoms with Crippen LogP contribution in [-0.4, -0.2) is 48.4 Å². The summed E-state index contributed by atoms with van der Waals surface area (Å²) >= 11 is 6.41. The summed E-state index contributed by atoms with van der Waals surface area (Å²) in [4.78, 5) is 31.0. The summed E-state index contributed by atoms with van der Waals surface area (Å²) in [5.74, 6) is 1.48. The first-order valence-corrected chi connectivity index (χ1v) is 11.9. The summed E-state index contributed by atoms with van der Waals surface area (Å²) in [6, 6.07) is 12.1. The van der Waals surface area contributed by atoms with Crippen LogP contribution >= 0.6 is 11.6 Å². The molecule has 176 valence electrons. The highest BCUT2D eigenvalue weighted by molar-refractivity contribution is 6.31. The minimum absolute atomic E-state index is 0.0761. The first-order valence-electron chi connectivity index (χ1n) is 11.5. The van der Waals surface area contributed by atoms with Crippen molar-refractivity contribution in [2.45, 2.75) is 51.2 Å². The second-order valence-electron chi connectivity index (χ2n) is 8.98. The molecule has 1 aliphatic heterocycles. The summed E-state index contributed by atoms with van der Waals surface area (Å²) in [5.41, 5.74) is 1.42. The van der Waals surface area contributed by atoms with Crippen LogP contribution in [0.4, 0.5) is 0 Å². The van der Waals surface area contributed by atoms with Crippen LogP contribution in [0.25, 0.3) is 0 Å². The lowest BCUT2D eigenvalue weighted by atomic mass is 9.85. The number of nitrogens with zero attached hydrogens (tertiary/aromatic N) is 2. The van der Waals surface area contributed by atoms with Crippen molar-refractivity contribution in [3.63, 3.8) is 0 Å². The number of halogens is 1. The largest absolute Gasteiger partial charge is 0.493 e. The van der Waals surface area contributed by atoms with E-state index in [-0.39, 0.29) is 30.9 Å². The number of piperazine rings is 1. The highest BCUT2D eigenvalue weighted by Crippen LogP contribution is 2.41. The molecule has 2 aromatic carbocycles. The zero-order valence-electron chi connectivity index (χ0n) is 19.4. The molecule has 2 fully saturated rings. The molecule has 2 aromatic rings. The smallest absolute Gasteiger partial charge is 0.250 e. The highest BCUT2D eigenvalue weighted by Gasteiger charge is 2.44. The Balaban J connectivity index is 1.76. The molecule has 0 bridgehead atoms. The van der Waals surface area contributed by atoms with Crippen molar-refractivity contribution < 1.29 is 19.1 Å². The van der Waals surface area contributed by atoms with E-state index in [2.05, 4.69) is 6.92 Å². The first-order chi connectivity index (χ1) is 15.9. The third-order valence-corrected chi connectivity index (χ3v) is 7.28. The van der Waals surface area contributed by atoms with Crippen molar-refractivity contribution in [2.75, 3.05) is 20.8 Å². The standard InChI is InChI=1S/C26H31ClN2O4/c1-17-11-13-19(14-12-17)28-16-23(30)29(15-18-7-4-5-9-21(18)27)24(26(28)31)20-8-6-10-22(32-2)25(20)33-3/h4-10,17,19,24H,11-16H2,1-3H3/t17?,19?,24-/m0/s1. The van der Waals surface area contributed by atoms with E-state index in [0.29, 0.717) is 28.0 Å². The topological polar surface area (TPSA) is 59.1 Å². The molecule has 1 saturated heterocycles. The molecule has 1 saturated carbocycles. The van der Waals surface area contributed by atoms with Gasteiger partial charge in [0.05, 0.1) is 14.2 Å². The summed E-state index contributed by atoms with van der Waals surface area (Å²) in [6.07, 6.45) is 3.98. The number of rotatable bonds is 6. The van der Waals surface area contributed by atoms with Gasteiger partial charge in [0.25, 0.3) is 5.91 Å². The third-order valence-electron chi connectivity index (χ3n) is 6.91. The van der Waals surface area contributed by atoms with Crippen LogP contribution in [0, 0.1) is 5.92 Å². The Morgan fingerprint density at radius 3 is 2.36 bits per heavy atom. The predicted octanol–water partition coefficient (Wildman–Crippen LogP) is 4.85. The molecular formula is C26H31ClN2O4. The molecule has 0 aromatic heterocycles. The van der Waals surface area contributed by atoms with Crippen LogP contribution in [0.15, 0.2) is 42.5 Å². The molecule has 1 heterocycles. The Kier molecular flexibility index (Phi) is 7.13. The molecule has 1 aliphatic carbocycles. The lowest BCUT2D eigenvalue weighted by molar-refractivity contribution is -0.160. The molecule has 2 amide bonds. The maximum Gasteiger partial charge on any atom is 0.250 e. The molecule has 0 spiro atoms. The van der Waals surface area contributed by atoms with Gasteiger partial charge in [0.2, 0.25) is 5.91 Å². The van der Waals surface area contributed by atoms with E-state index in [4.69, 9.17) is 21.1 Å². The molecular weight excluding hydrogens is 440 g/mol. The summed E-state index contributed by atoms with van der Waals surface area (Å²) in [7, 11) is 3.11. The van der Waals surface area contributed by atoms with E-state index < -0.39 is 6.04 Å². The number of hydrogen-bond donors (Lipinski definition) is 0. The maximum absolute atomic E-state index is 14.0. The van der Waals surface area contributed by atoms with Crippen molar-refractivity contribution in [1.82, 2.24) is 9.80 Å². The second-order valence-corrected chi connectivity index (χ2v) is 9.39. The zero-order chi connectivity index (χ0) is 23.5. The monoisotopic (exact) mass is 470 g/mol. The minimum Gasteiger partial charge on any atom is -0.493 e. The number of benzene rings is 2. The average Bonchev–Trinajstić information content (AvgIpc) is 2.82. The summed E-state index contributed by atoms with van der Waals surface area (Å²) in [6.45, 7) is 2.57. The predicted molar refractivity (Wildman–Crippen MR) is 127 cm³/mol. The van der Waals surface area contributed by atoms with Crippen LogP contribution in [0.1, 0.15) is 49.8 Å². The van der Waals surface area contributed by atoms with Gasteiger partial charge >= 0.3 is 0 Å². The van der Waals surface area contributed by atoms with E-state index in [1.807, 2.05) is 30.3 Å². The van der Waals surface area contributed by atoms with Gasteiger partial charge in [-0.2, -0.15) is 0 Å². The van der Waals surface area contributed by atoms with Crippen molar-refractivity contribution in [3.05, 3.63) is 58.6 Å². The molecule has 4 rings (SSSR count).